The molecule has 104 valence electrons. The van der Waals surface area contributed by atoms with Gasteiger partial charge in [0.25, 0.3) is 0 Å². The molecule has 0 amide bonds. The quantitative estimate of drug-likeness (QED) is 0.850. The first-order valence-corrected chi connectivity index (χ1v) is 7.02. The van der Waals surface area contributed by atoms with Gasteiger partial charge in [-0.1, -0.05) is 17.7 Å². The van der Waals surface area contributed by atoms with Crippen molar-refractivity contribution in [2.45, 2.75) is 40.2 Å². The standard InChI is InChI=1S/C16H23NO2/c1-11-8-12(2)15(13(3)9-11)10-19-16(18)14-4-6-17-7-5-14/h8-9,14,17H,4-7,10H2,1-3H3. The topological polar surface area (TPSA) is 38.3 Å². The predicted molar refractivity (Wildman–Crippen MR) is 76.0 cm³/mol. The SMILES string of the molecule is Cc1cc(C)c(COC(=O)C2CCNCC2)c(C)c1. The van der Waals surface area contributed by atoms with Crippen LogP contribution in [0.15, 0.2) is 12.1 Å². The highest BCUT2D eigenvalue weighted by Crippen LogP contribution is 2.19. The van der Waals surface area contributed by atoms with E-state index >= 15 is 0 Å². The summed E-state index contributed by atoms with van der Waals surface area (Å²) in [6.07, 6.45) is 1.79. The Hall–Kier alpha value is -1.35. The number of hydrogen-bond acceptors (Lipinski definition) is 3. The van der Waals surface area contributed by atoms with Gasteiger partial charge in [-0.2, -0.15) is 0 Å². The molecule has 1 aliphatic heterocycles. The summed E-state index contributed by atoms with van der Waals surface area (Å²) in [5.74, 6) is 0.0354. The van der Waals surface area contributed by atoms with Gasteiger partial charge in [0.15, 0.2) is 0 Å². The normalized spacial score (nSPS) is 16.4. The molecular weight excluding hydrogens is 238 g/mol. The summed E-state index contributed by atoms with van der Waals surface area (Å²) in [4.78, 5) is 12.0. The fourth-order valence-corrected chi connectivity index (χ4v) is 2.76. The van der Waals surface area contributed by atoms with Gasteiger partial charge in [0.2, 0.25) is 0 Å². The Morgan fingerprint density at radius 1 is 1.21 bits per heavy atom. The van der Waals surface area contributed by atoms with Crippen LogP contribution in [-0.4, -0.2) is 19.1 Å². The average molecular weight is 261 g/mol. The van der Waals surface area contributed by atoms with E-state index in [1.165, 1.54) is 16.7 Å². The number of carbonyl (C=O) groups excluding carboxylic acids is 1. The van der Waals surface area contributed by atoms with Gasteiger partial charge in [0.05, 0.1) is 5.92 Å². The molecular formula is C16H23NO2. The molecule has 0 bridgehead atoms. The Morgan fingerprint density at radius 3 is 2.37 bits per heavy atom. The molecule has 3 heteroatoms. The first-order valence-electron chi connectivity index (χ1n) is 7.02. The van der Waals surface area contributed by atoms with Crippen LogP contribution in [0.3, 0.4) is 0 Å². The van der Waals surface area contributed by atoms with E-state index in [-0.39, 0.29) is 11.9 Å². The third-order valence-corrected chi connectivity index (χ3v) is 3.87. The maximum absolute atomic E-state index is 12.0. The van der Waals surface area contributed by atoms with E-state index in [4.69, 9.17) is 4.74 Å². The second-order valence-electron chi connectivity index (χ2n) is 5.51. The molecule has 1 fully saturated rings. The third-order valence-electron chi connectivity index (χ3n) is 3.87. The van der Waals surface area contributed by atoms with E-state index in [1.54, 1.807) is 0 Å². The number of aryl methyl sites for hydroxylation is 3. The van der Waals surface area contributed by atoms with Crippen LogP contribution in [0.2, 0.25) is 0 Å². The van der Waals surface area contributed by atoms with Crippen LogP contribution in [0.25, 0.3) is 0 Å². The van der Waals surface area contributed by atoms with Gasteiger partial charge in [0.1, 0.15) is 6.61 Å². The first-order chi connectivity index (χ1) is 9.08. The molecule has 19 heavy (non-hydrogen) atoms. The van der Waals surface area contributed by atoms with E-state index in [9.17, 15) is 4.79 Å². The van der Waals surface area contributed by atoms with Crippen molar-refractivity contribution in [2.24, 2.45) is 5.92 Å². The van der Waals surface area contributed by atoms with Crippen molar-refractivity contribution in [1.29, 1.82) is 0 Å². The highest BCUT2D eigenvalue weighted by molar-refractivity contribution is 5.72. The summed E-state index contributed by atoms with van der Waals surface area (Å²) in [6.45, 7) is 8.48. The smallest absolute Gasteiger partial charge is 0.309 e. The van der Waals surface area contributed by atoms with Gasteiger partial charge in [-0.3, -0.25) is 4.79 Å². The number of esters is 1. The van der Waals surface area contributed by atoms with E-state index < -0.39 is 0 Å². The molecule has 1 aromatic rings. The van der Waals surface area contributed by atoms with Crippen molar-refractivity contribution in [2.75, 3.05) is 13.1 Å². The van der Waals surface area contributed by atoms with Crippen LogP contribution in [0.5, 0.6) is 0 Å². The van der Waals surface area contributed by atoms with Crippen molar-refractivity contribution in [3.8, 4) is 0 Å². The van der Waals surface area contributed by atoms with Crippen molar-refractivity contribution in [3.63, 3.8) is 0 Å². The zero-order valence-electron chi connectivity index (χ0n) is 12.1. The van der Waals surface area contributed by atoms with Gasteiger partial charge in [-0.15, -0.1) is 0 Å². The maximum Gasteiger partial charge on any atom is 0.309 e. The summed E-state index contributed by atoms with van der Waals surface area (Å²) in [5.41, 5.74) is 4.81. The second kappa shape index (κ2) is 6.20. The average Bonchev–Trinajstić information content (AvgIpc) is 2.38. The van der Waals surface area contributed by atoms with Gasteiger partial charge in [-0.05, 0) is 63.4 Å². The molecule has 2 rings (SSSR count). The lowest BCUT2D eigenvalue weighted by molar-refractivity contribution is -0.150. The monoisotopic (exact) mass is 261 g/mol. The Balaban J connectivity index is 1.96. The lowest BCUT2D eigenvalue weighted by Crippen LogP contribution is -2.32. The fourth-order valence-electron chi connectivity index (χ4n) is 2.76. The number of hydrogen-bond donors (Lipinski definition) is 1. The van der Waals surface area contributed by atoms with Crippen LogP contribution < -0.4 is 5.32 Å². The minimum Gasteiger partial charge on any atom is -0.461 e. The van der Waals surface area contributed by atoms with Crippen molar-refractivity contribution < 1.29 is 9.53 Å². The zero-order valence-corrected chi connectivity index (χ0v) is 12.1. The van der Waals surface area contributed by atoms with Crippen LogP contribution in [0, 0.1) is 26.7 Å². The van der Waals surface area contributed by atoms with Crippen LogP contribution in [0.4, 0.5) is 0 Å². The maximum atomic E-state index is 12.0. The minimum absolute atomic E-state index is 0.0409. The molecule has 0 spiro atoms. The Bertz CT molecular complexity index is 439. The summed E-state index contributed by atoms with van der Waals surface area (Å²) in [6, 6.07) is 4.28. The van der Waals surface area contributed by atoms with E-state index in [1.807, 2.05) is 0 Å². The molecule has 0 aromatic heterocycles. The molecule has 1 heterocycles. The molecule has 1 N–H and O–H groups in total. The summed E-state index contributed by atoms with van der Waals surface area (Å²) in [5, 5.41) is 3.26. The van der Waals surface area contributed by atoms with Gasteiger partial charge >= 0.3 is 5.97 Å². The number of benzene rings is 1. The van der Waals surface area contributed by atoms with Crippen molar-refractivity contribution in [1.82, 2.24) is 5.32 Å². The van der Waals surface area contributed by atoms with E-state index in [0.29, 0.717) is 6.61 Å². The number of rotatable bonds is 3. The molecule has 1 saturated heterocycles. The molecule has 0 atom stereocenters. The highest BCUT2D eigenvalue weighted by atomic mass is 16.5. The Labute approximate surface area is 115 Å². The largest absolute Gasteiger partial charge is 0.461 e. The number of ether oxygens (including phenoxy) is 1. The molecule has 1 aromatic carbocycles. The van der Waals surface area contributed by atoms with Crippen molar-refractivity contribution in [3.05, 3.63) is 34.4 Å². The molecule has 0 aliphatic carbocycles. The van der Waals surface area contributed by atoms with Crippen LogP contribution >= 0.6 is 0 Å². The van der Waals surface area contributed by atoms with Crippen molar-refractivity contribution >= 4 is 5.97 Å². The van der Waals surface area contributed by atoms with E-state index in [2.05, 4.69) is 38.2 Å². The predicted octanol–water partition coefficient (Wildman–Crippen LogP) is 2.65. The lowest BCUT2D eigenvalue weighted by Gasteiger charge is -2.21. The Morgan fingerprint density at radius 2 is 1.79 bits per heavy atom. The summed E-state index contributed by atoms with van der Waals surface area (Å²) in [7, 11) is 0. The minimum atomic E-state index is -0.0409. The molecule has 0 unspecified atom stereocenters. The molecule has 3 nitrogen and oxygen atoms in total. The fraction of sp³-hybridized carbons (Fsp3) is 0.562. The molecule has 0 radical (unpaired) electrons. The zero-order chi connectivity index (χ0) is 13.8. The number of nitrogens with one attached hydrogen (secondary N) is 1. The summed E-state index contributed by atoms with van der Waals surface area (Å²) < 4.78 is 5.50. The highest BCUT2D eigenvalue weighted by Gasteiger charge is 2.22. The first kappa shape index (κ1) is 14.1. The van der Waals surface area contributed by atoms with Crippen LogP contribution in [-0.2, 0) is 16.1 Å². The van der Waals surface area contributed by atoms with E-state index in [0.717, 1.165) is 31.5 Å². The number of carbonyl (C=O) groups is 1. The number of piperidine rings is 1. The van der Waals surface area contributed by atoms with Gasteiger partial charge < -0.3 is 10.1 Å². The third kappa shape index (κ3) is 3.57. The van der Waals surface area contributed by atoms with Gasteiger partial charge in [0, 0.05) is 0 Å². The lowest BCUT2D eigenvalue weighted by atomic mass is 9.98. The Kier molecular flexibility index (Phi) is 4.59. The molecule has 0 saturated carbocycles. The van der Waals surface area contributed by atoms with Gasteiger partial charge in [-0.25, -0.2) is 0 Å². The molecule has 1 aliphatic rings. The van der Waals surface area contributed by atoms with Crippen LogP contribution in [0.1, 0.15) is 35.1 Å². The summed E-state index contributed by atoms with van der Waals surface area (Å²) >= 11 is 0. The second-order valence-corrected chi connectivity index (χ2v) is 5.51.